The Kier molecular flexibility index (Phi) is 2.97. The van der Waals surface area contributed by atoms with Crippen molar-refractivity contribution >= 4 is 21.6 Å². The topological polar surface area (TPSA) is 43.1 Å². The number of halogens is 4. The molecule has 2 aromatic heterocycles. The molecule has 2 heterocycles. The van der Waals surface area contributed by atoms with Crippen LogP contribution in [0.15, 0.2) is 41.4 Å². The molecule has 0 saturated heterocycles. The van der Waals surface area contributed by atoms with E-state index in [1.165, 1.54) is 23.0 Å². The number of hydrogen-bond donors (Lipinski definition) is 0. The van der Waals surface area contributed by atoms with E-state index in [9.17, 15) is 13.2 Å². The fourth-order valence-corrected chi connectivity index (χ4v) is 2.18. The Morgan fingerprint density at radius 2 is 1.80 bits per heavy atom. The molecule has 20 heavy (non-hydrogen) atoms. The molecule has 8 heteroatoms. The molecule has 0 spiro atoms. The van der Waals surface area contributed by atoms with Crippen molar-refractivity contribution in [3.63, 3.8) is 0 Å². The van der Waals surface area contributed by atoms with Crippen molar-refractivity contribution in [2.24, 2.45) is 0 Å². The van der Waals surface area contributed by atoms with Gasteiger partial charge in [-0.15, -0.1) is 0 Å². The van der Waals surface area contributed by atoms with E-state index in [4.69, 9.17) is 0 Å². The van der Waals surface area contributed by atoms with E-state index in [-0.39, 0.29) is 0 Å². The minimum absolute atomic E-state index is 0.464. The van der Waals surface area contributed by atoms with Crippen LogP contribution in [-0.2, 0) is 6.18 Å². The largest absolute Gasteiger partial charge is 0.416 e. The highest BCUT2D eigenvalue weighted by Crippen LogP contribution is 2.31. The smallest absolute Gasteiger partial charge is 0.235 e. The number of nitrogens with zero attached hydrogens (tertiary/aromatic N) is 4. The third-order valence-electron chi connectivity index (χ3n) is 2.72. The van der Waals surface area contributed by atoms with Gasteiger partial charge in [-0.1, -0.05) is 12.1 Å². The second kappa shape index (κ2) is 4.55. The van der Waals surface area contributed by atoms with E-state index in [0.29, 0.717) is 21.5 Å². The van der Waals surface area contributed by atoms with Crippen LogP contribution >= 0.6 is 15.9 Å². The first-order chi connectivity index (χ1) is 9.45. The summed E-state index contributed by atoms with van der Waals surface area (Å²) >= 11 is 3.23. The molecule has 0 fully saturated rings. The number of fused-ring (bicyclic) bond motifs is 1. The molecular weight excluding hydrogens is 337 g/mol. The van der Waals surface area contributed by atoms with E-state index in [2.05, 4.69) is 31.0 Å². The van der Waals surface area contributed by atoms with Crippen LogP contribution in [0.1, 0.15) is 5.56 Å². The summed E-state index contributed by atoms with van der Waals surface area (Å²) in [5.41, 5.74) is 0.782. The Morgan fingerprint density at radius 1 is 1.10 bits per heavy atom. The van der Waals surface area contributed by atoms with Crippen molar-refractivity contribution in [3.8, 4) is 11.3 Å². The van der Waals surface area contributed by atoms with Crippen molar-refractivity contribution in [2.75, 3.05) is 0 Å². The first kappa shape index (κ1) is 13.0. The summed E-state index contributed by atoms with van der Waals surface area (Å²) in [6, 6.07) is 4.77. The SMILES string of the molecule is FC(F)(F)c1ccc(-c2nc(Br)cn3ncnc23)cc1. The zero-order chi connectivity index (χ0) is 14.3. The predicted octanol–water partition coefficient (Wildman–Crippen LogP) is 3.57. The molecule has 102 valence electrons. The van der Waals surface area contributed by atoms with Gasteiger partial charge in [0, 0.05) is 5.56 Å². The van der Waals surface area contributed by atoms with Crippen molar-refractivity contribution in [3.05, 3.63) is 47.0 Å². The number of rotatable bonds is 1. The van der Waals surface area contributed by atoms with Crippen molar-refractivity contribution in [1.29, 1.82) is 0 Å². The first-order valence-electron chi connectivity index (χ1n) is 5.48. The second-order valence-corrected chi connectivity index (χ2v) is 4.83. The van der Waals surface area contributed by atoms with Crippen LogP contribution in [0.25, 0.3) is 16.9 Å². The first-order valence-corrected chi connectivity index (χ1v) is 6.28. The van der Waals surface area contributed by atoms with Gasteiger partial charge in [0.15, 0.2) is 5.65 Å². The summed E-state index contributed by atoms with van der Waals surface area (Å²) < 4.78 is 39.6. The zero-order valence-corrected chi connectivity index (χ0v) is 11.4. The summed E-state index contributed by atoms with van der Waals surface area (Å²) in [5, 5.41) is 3.98. The fraction of sp³-hybridized carbons (Fsp3) is 0.0833. The van der Waals surface area contributed by atoms with Crippen LogP contribution in [0.5, 0.6) is 0 Å². The molecule has 4 nitrogen and oxygen atoms in total. The minimum atomic E-state index is -4.35. The van der Waals surface area contributed by atoms with Crippen molar-refractivity contribution < 1.29 is 13.2 Å². The summed E-state index contributed by atoms with van der Waals surface area (Å²) in [6.45, 7) is 0. The number of aromatic nitrogens is 4. The van der Waals surface area contributed by atoms with Gasteiger partial charge in [-0.05, 0) is 28.1 Å². The molecule has 0 aliphatic heterocycles. The van der Waals surface area contributed by atoms with Gasteiger partial charge in [-0.3, -0.25) is 0 Å². The summed E-state index contributed by atoms with van der Waals surface area (Å²) in [7, 11) is 0. The quantitative estimate of drug-likeness (QED) is 0.678. The second-order valence-electron chi connectivity index (χ2n) is 4.02. The van der Waals surface area contributed by atoms with Gasteiger partial charge >= 0.3 is 6.18 Å². The Labute approximate surface area is 119 Å². The Morgan fingerprint density at radius 3 is 2.45 bits per heavy atom. The molecule has 0 aliphatic carbocycles. The molecule has 0 N–H and O–H groups in total. The van der Waals surface area contributed by atoms with Crippen LogP contribution in [0.4, 0.5) is 13.2 Å². The van der Waals surface area contributed by atoms with Gasteiger partial charge in [-0.2, -0.15) is 18.3 Å². The zero-order valence-electron chi connectivity index (χ0n) is 9.76. The van der Waals surface area contributed by atoms with E-state index in [0.717, 1.165) is 12.1 Å². The van der Waals surface area contributed by atoms with E-state index >= 15 is 0 Å². The van der Waals surface area contributed by atoms with Gasteiger partial charge in [-0.25, -0.2) is 14.5 Å². The molecule has 0 bridgehead atoms. The van der Waals surface area contributed by atoms with Crippen LogP contribution < -0.4 is 0 Å². The van der Waals surface area contributed by atoms with Gasteiger partial charge in [0.25, 0.3) is 0 Å². The highest BCUT2D eigenvalue weighted by molar-refractivity contribution is 9.10. The number of hydrogen-bond acceptors (Lipinski definition) is 3. The highest BCUT2D eigenvalue weighted by atomic mass is 79.9. The molecular formula is C12H6BrF3N4. The number of alkyl halides is 3. The molecule has 3 rings (SSSR count). The highest BCUT2D eigenvalue weighted by Gasteiger charge is 2.30. The van der Waals surface area contributed by atoms with Crippen LogP contribution in [-0.4, -0.2) is 19.6 Å². The van der Waals surface area contributed by atoms with E-state index in [1.54, 1.807) is 6.20 Å². The van der Waals surface area contributed by atoms with Gasteiger partial charge in [0.1, 0.15) is 16.6 Å². The Balaban J connectivity index is 2.14. The van der Waals surface area contributed by atoms with Crippen molar-refractivity contribution in [2.45, 2.75) is 6.18 Å². The van der Waals surface area contributed by atoms with Crippen LogP contribution in [0.3, 0.4) is 0 Å². The van der Waals surface area contributed by atoms with Crippen molar-refractivity contribution in [1.82, 2.24) is 19.6 Å². The predicted molar refractivity (Wildman–Crippen MR) is 68.9 cm³/mol. The average molecular weight is 343 g/mol. The van der Waals surface area contributed by atoms with Crippen LogP contribution in [0, 0.1) is 0 Å². The molecule has 0 unspecified atom stereocenters. The molecule has 0 amide bonds. The average Bonchev–Trinajstić information content (AvgIpc) is 2.85. The van der Waals surface area contributed by atoms with Gasteiger partial charge in [0.05, 0.1) is 11.8 Å². The van der Waals surface area contributed by atoms with Crippen LogP contribution in [0.2, 0.25) is 0 Å². The summed E-state index contributed by atoms with van der Waals surface area (Å²) in [6.07, 6.45) is -1.37. The van der Waals surface area contributed by atoms with E-state index < -0.39 is 11.7 Å². The lowest BCUT2D eigenvalue weighted by molar-refractivity contribution is -0.137. The fourth-order valence-electron chi connectivity index (χ4n) is 1.81. The van der Waals surface area contributed by atoms with Gasteiger partial charge < -0.3 is 0 Å². The standard InChI is InChI=1S/C12H6BrF3N4/c13-9-5-20-11(17-6-18-20)10(19-9)7-1-3-8(4-2-7)12(14,15)16/h1-6H. The summed E-state index contributed by atoms with van der Waals surface area (Å²) in [5.74, 6) is 0. The monoisotopic (exact) mass is 342 g/mol. The normalized spacial score (nSPS) is 12.0. The molecule has 0 aliphatic rings. The lowest BCUT2D eigenvalue weighted by atomic mass is 10.1. The molecule has 0 saturated carbocycles. The maximum absolute atomic E-state index is 12.5. The third kappa shape index (κ3) is 2.26. The lowest BCUT2D eigenvalue weighted by Gasteiger charge is -2.08. The molecule has 1 aromatic carbocycles. The minimum Gasteiger partial charge on any atom is -0.235 e. The maximum Gasteiger partial charge on any atom is 0.416 e. The molecule has 0 atom stereocenters. The molecule has 0 radical (unpaired) electrons. The third-order valence-corrected chi connectivity index (χ3v) is 3.10. The maximum atomic E-state index is 12.5. The Hall–Kier alpha value is -1.96. The van der Waals surface area contributed by atoms with E-state index in [1.807, 2.05) is 0 Å². The Bertz CT molecular complexity index is 764. The summed E-state index contributed by atoms with van der Waals surface area (Å²) in [4.78, 5) is 8.30. The molecule has 3 aromatic rings. The van der Waals surface area contributed by atoms with Gasteiger partial charge in [0.2, 0.25) is 0 Å². The number of benzene rings is 1. The lowest BCUT2D eigenvalue weighted by Crippen LogP contribution is -2.04.